The second-order valence-corrected chi connectivity index (χ2v) is 6.52. The fourth-order valence-corrected chi connectivity index (χ4v) is 4.01. The molecule has 0 aromatic heterocycles. The first kappa shape index (κ1) is 14.2. The molecule has 0 spiro atoms. The van der Waals surface area contributed by atoms with Crippen molar-refractivity contribution in [3.8, 4) is 0 Å². The van der Waals surface area contributed by atoms with Gasteiger partial charge in [-0.25, -0.2) is 12.8 Å². The van der Waals surface area contributed by atoms with Crippen molar-refractivity contribution in [1.82, 2.24) is 4.31 Å². The molecule has 1 aromatic carbocycles. The van der Waals surface area contributed by atoms with Crippen LogP contribution >= 0.6 is 0 Å². The molecule has 1 unspecified atom stereocenters. The third-order valence-corrected chi connectivity index (χ3v) is 5.31. The summed E-state index contributed by atoms with van der Waals surface area (Å²) in [6.45, 7) is 0.154. The molecule has 1 atom stereocenters. The van der Waals surface area contributed by atoms with Crippen LogP contribution in [0, 0.1) is 5.82 Å². The quantitative estimate of drug-likeness (QED) is 0.811. The zero-order valence-corrected chi connectivity index (χ0v) is 11.2. The second-order valence-electron chi connectivity index (χ2n) is 4.63. The fourth-order valence-electron chi connectivity index (χ4n) is 2.29. The van der Waals surface area contributed by atoms with Crippen molar-refractivity contribution in [3.05, 3.63) is 24.0 Å². The van der Waals surface area contributed by atoms with Crippen LogP contribution in [0.15, 0.2) is 23.1 Å². The second kappa shape index (κ2) is 5.44. The van der Waals surface area contributed by atoms with E-state index in [1.54, 1.807) is 0 Å². The molecule has 3 N–H and O–H groups in total. The van der Waals surface area contributed by atoms with Crippen molar-refractivity contribution in [2.45, 2.75) is 30.2 Å². The highest BCUT2D eigenvalue weighted by Crippen LogP contribution is 2.26. The molecule has 106 valence electrons. The first-order chi connectivity index (χ1) is 8.96. The van der Waals surface area contributed by atoms with Crippen LogP contribution in [0.25, 0.3) is 0 Å². The predicted molar refractivity (Wildman–Crippen MR) is 69.4 cm³/mol. The average Bonchev–Trinajstić information content (AvgIpc) is 2.41. The highest BCUT2D eigenvalue weighted by Gasteiger charge is 2.33. The molecule has 0 aliphatic carbocycles. The van der Waals surface area contributed by atoms with E-state index in [0.717, 1.165) is 25.0 Å². The average molecular weight is 288 g/mol. The standard InChI is InChI=1S/C12H17FN2O3S/c13-11-5-4-10(7-12(11)14)19(17,18)15-6-2-1-3-9(15)8-16/h4-5,7,9,16H,1-3,6,8,14H2. The molecule has 1 aromatic rings. The van der Waals surface area contributed by atoms with Crippen LogP contribution in [0.2, 0.25) is 0 Å². The van der Waals surface area contributed by atoms with Crippen LogP contribution in [-0.4, -0.2) is 37.0 Å². The van der Waals surface area contributed by atoms with Gasteiger partial charge < -0.3 is 10.8 Å². The molecule has 0 saturated carbocycles. The van der Waals surface area contributed by atoms with Gasteiger partial charge >= 0.3 is 0 Å². The molecule has 1 heterocycles. The summed E-state index contributed by atoms with van der Waals surface area (Å²) in [4.78, 5) is -0.0354. The Morgan fingerprint density at radius 3 is 2.79 bits per heavy atom. The van der Waals surface area contributed by atoms with Crippen molar-refractivity contribution in [2.75, 3.05) is 18.9 Å². The molecule has 7 heteroatoms. The van der Waals surface area contributed by atoms with Gasteiger partial charge in [0, 0.05) is 12.6 Å². The maximum atomic E-state index is 13.1. The first-order valence-electron chi connectivity index (χ1n) is 6.14. The summed E-state index contributed by atoms with van der Waals surface area (Å²) >= 11 is 0. The molecule has 0 radical (unpaired) electrons. The van der Waals surface area contributed by atoms with Crippen molar-refractivity contribution < 1.29 is 17.9 Å². The summed E-state index contributed by atoms with van der Waals surface area (Å²) in [5.41, 5.74) is 5.21. The summed E-state index contributed by atoms with van der Waals surface area (Å²) in [5.74, 6) is -0.642. The van der Waals surface area contributed by atoms with Crippen molar-refractivity contribution in [2.24, 2.45) is 0 Å². The SMILES string of the molecule is Nc1cc(S(=O)(=O)N2CCCCC2CO)ccc1F. The van der Waals surface area contributed by atoms with Crippen LogP contribution in [0.3, 0.4) is 0 Å². The molecule has 1 aliphatic heterocycles. The Morgan fingerprint density at radius 1 is 1.42 bits per heavy atom. The van der Waals surface area contributed by atoms with Gasteiger partial charge in [0.05, 0.1) is 17.2 Å². The van der Waals surface area contributed by atoms with Crippen LogP contribution < -0.4 is 5.73 Å². The number of sulfonamides is 1. The summed E-state index contributed by atoms with van der Waals surface area (Å²) in [6.07, 6.45) is 2.28. The van der Waals surface area contributed by atoms with E-state index >= 15 is 0 Å². The van der Waals surface area contributed by atoms with Crippen molar-refractivity contribution in [1.29, 1.82) is 0 Å². The zero-order chi connectivity index (χ0) is 14.0. The zero-order valence-electron chi connectivity index (χ0n) is 10.4. The minimum atomic E-state index is -3.74. The number of aliphatic hydroxyl groups is 1. The lowest BCUT2D eigenvalue weighted by Gasteiger charge is -2.33. The summed E-state index contributed by atoms with van der Waals surface area (Å²) in [7, 11) is -3.74. The van der Waals surface area contributed by atoms with Crippen LogP contribution in [-0.2, 0) is 10.0 Å². The number of piperidine rings is 1. The lowest BCUT2D eigenvalue weighted by molar-refractivity contribution is 0.155. The lowest BCUT2D eigenvalue weighted by Crippen LogP contribution is -2.45. The Balaban J connectivity index is 2.37. The number of aliphatic hydroxyl groups excluding tert-OH is 1. The van der Waals surface area contributed by atoms with Gasteiger partial charge in [0.2, 0.25) is 10.0 Å². The van der Waals surface area contributed by atoms with E-state index in [2.05, 4.69) is 0 Å². The van der Waals surface area contributed by atoms with E-state index in [0.29, 0.717) is 13.0 Å². The van der Waals surface area contributed by atoms with E-state index in [1.165, 1.54) is 10.4 Å². The Kier molecular flexibility index (Phi) is 4.07. The largest absolute Gasteiger partial charge is 0.396 e. The van der Waals surface area contributed by atoms with E-state index in [1.807, 2.05) is 0 Å². The number of anilines is 1. The molecule has 1 saturated heterocycles. The van der Waals surface area contributed by atoms with E-state index in [-0.39, 0.29) is 17.2 Å². The Morgan fingerprint density at radius 2 is 2.16 bits per heavy atom. The summed E-state index contributed by atoms with van der Waals surface area (Å²) < 4.78 is 39.3. The van der Waals surface area contributed by atoms with Gasteiger partial charge in [-0.15, -0.1) is 0 Å². The maximum absolute atomic E-state index is 13.1. The number of nitrogens with two attached hydrogens (primary N) is 1. The Labute approximate surface area is 111 Å². The minimum Gasteiger partial charge on any atom is -0.396 e. The predicted octanol–water partition coefficient (Wildman–Crippen LogP) is 0.943. The monoisotopic (exact) mass is 288 g/mol. The number of halogens is 1. The molecule has 2 rings (SSSR count). The molecule has 1 aliphatic rings. The number of benzene rings is 1. The van der Waals surface area contributed by atoms with Crippen LogP contribution in [0.1, 0.15) is 19.3 Å². The third-order valence-electron chi connectivity index (χ3n) is 3.36. The molecule has 0 amide bonds. The van der Waals surface area contributed by atoms with Gasteiger partial charge in [0.25, 0.3) is 0 Å². The Bertz CT molecular complexity index is 562. The number of rotatable bonds is 3. The van der Waals surface area contributed by atoms with Gasteiger partial charge in [0.15, 0.2) is 0 Å². The third kappa shape index (κ3) is 2.72. The fraction of sp³-hybridized carbons (Fsp3) is 0.500. The van der Waals surface area contributed by atoms with Gasteiger partial charge in [-0.3, -0.25) is 0 Å². The number of hydrogen-bond acceptors (Lipinski definition) is 4. The minimum absolute atomic E-state index is 0.0354. The normalized spacial score (nSPS) is 21.5. The molecule has 0 bridgehead atoms. The molecule has 5 nitrogen and oxygen atoms in total. The highest BCUT2D eigenvalue weighted by molar-refractivity contribution is 7.89. The van der Waals surface area contributed by atoms with E-state index in [9.17, 15) is 17.9 Å². The lowest BCUT2D eigenvalue weighted by atomic mass is 10.1. The first-order valence-corrected chi connectivity index (χ1v) is 7.58. The van der Waals surface area contributed by atoms with Gasteiger partial charge in [0.1, 0.15) is 5.82 Å². The van der Waals surface area contributed by atoms with Crippen LogP contribution in [0.5, 0.6) is 0 Å². The number of hydrogen-bond donors (Lipinski definition) is 2. The summed E-state index contributed by atoms with van der Waals surface area (Å²) in [5, 5.41) is 9.28. The van der Waals surface area contributed by atoms with E-state index in [4.69, 9.17) is 5.73 Å². The Hall–Kier alpha value is -1.18. The number of nitrogen functional groups attached to an aromatic ring is 1. The van der Waals surface area contributed by atoms with Crippen molar-refractivity contribution >= 4 is 15.7 Å². The van der Waals surface area contributed by atoms with E-state index < -0.39 is 21.9 Å². The highest BCUT2D eigenvalue weighted by atomic mass is 32.2. The molecular formula is C12H17FN2O3S. The van der Waals surface area contributed by atoms with Gasteiger partial charge in [-0.05, 0) is 31.0 Å². The molecule has 1 fully saturated rings. The smallest absolute Gasteiger partial charge is 0.243 e. The maximum Gasteiger partial charge on any atom is 0.243 e. The molecular weight excluding hydrogens is 271 g/mol. The summed E-state index contributed by atoms with van der Waals surface area (Å²) in [6, 6.07) is 2.95. The van der Waals surface area contributed by atoms with Crippen LogP contribution in [0.4, 0.5) is 10.1 Å². The van der Waals surface area contributed by atoms with Crippen molar-refractivity contribution in [3.63, 3.8) is 0 Å². The molecule has 19 heavy (non-hydrogen) atoms. The number of nitrogens with zero attached hydrogens (tertiary/aromatic N) is 1. The van der Waals surface area contributed by atoms with Gasteiger partial charge in [-0.1, -0.05) is 6.42 Å². The van der Waals surface area contributed by atoms with Gasteiger partial charge in [-0.2, -0.15) is 4.31 Å². The topological polar surface area (TPSA) is 83.6 Å².